The third kappa shape index (κ3) is 4.60. The van der Waals surface area contributed by atoms with Crippen LogP contribution in [0.2, 0.25) is 0 Å². The first-order valence-electron chi connectivity index (χ1n) is 5.15. The summed E-state index contributed by atoms with van der Waals surface area (Å²) in [6.07, 6.45) is -4.28. The van der Waals surface area contributed by atoms with Crippen molar-refractivity contribution in [1.82, 2.24) is 0 Å². The zero-order valence-electron chi connectivity index (χ0n) is 9.71. The summed E-state index contributed by atoms with van der Waals surface area (Å²) in [5.74, 6) is 0.662. The molecule has 0 aliphatic carbocycles. The molecule has 0 aromatic heterocycles. The predicted octanol–water partition coefficient (Wildman–Crippen LogP) is 3.82. The third-order valence-corrected chi connectivity index (χ3v) is 3.77. The summed E-state index contributed by atoms with van der Waals surface area (Å²) in [5, 5.41) is 9.06. The molecule has 1 aromatic rings. The van der Waals surface area contributed by atoms with E-state index in [4.69, 9.17) is 5.11 Å². The largest absolute Gasteiger partial charge is 0.416 e. The molecule has 0 fully saturated rings. The van der Waals surface area contributed by atoms with Gasteiger partial charge >= 0.3 is 6.18 Å². The van der Waals surface area contributed by atoms with Crippen LogP contribution in [0.15, 0.2) is 29.2 Å². The summed E-state index contributed by atoms with van der Waals surface area (Å²) in [4.78, 5) is 0.777. The van der Waals surface area contributed by atoms with E-state index in [0.717, 1.165) is 17.0 Å². The smallest absolute Gasteiger partial charge is 0.396 e. The minimum absolute atomic E-state index is 0.0562. The maximum atomic E-state index is 12.3. The first kappa shape index (κ1) is 14.4. The fourth-order valence-corrected chi connectivity index (χ4v) is 2.04. The van der Waals surface area contributed by atoms with Crippen LogP contribution in [0.1, 0.15) is 19.4 Å². The molecule has 0 aliphatic heterocycles. The van der Waals surface area contributed by atoms with E-state index in [0.29, 0.717) is 5.75 Å². The van der Waals surface area contributed by atoms with E-state index >= 15 is 0 Å². The SMILES string of the molecule is CC(C)(CO)CSc1ccc(C(F)(F)F)cc1. The minimum Gasteiger partial charge on any atom is -0.396 e. The van der Waals surface area contributed by atoms with Gasteiger partial charge < -0.3 is 5.11 Å². The highest BCUT2D eigenvalue weighted by Gasteiger charge is 2.30. The molecular weight excluding hydrogens is 249 g/mol. The number of hydrogen-bond donors (Lipinski definition) is 1. The van der Waals surface area contributed by atoms with Gasteiger partial charge in [-0.15, -0.1) is 11.8 Å². The molecule has 0 radical (unpaired) electrons. The lowest BCUT2D eigenvalue weighted by Crippen LogP contribution is -2.19. The molecule has 96 valence electrons. The van der Waals surface area contributed by atoms with Crippen molar-refractivity contribution in [3.05, 3.63) is 29.8 Å². The van der Waals surface area contributed by atoms with Crippen LogP contribution in [0.3, 0.4) is 0 Å². The van der Waals surface area contributed by atoms with Crippen LogP contribution in [-0.4, -0.2) is 17.5 Å². The summed E-state index contributed by atoms with van der Waals surface area (Å²) in [6.45, 7) is 3.87. The van der Waals surface area contributed by atoms with E-state index in [1.165, 1.54) is 23.9 Å². The van der Waals surface area contributed by atoms with E-state index in [9.17, 15) is 13.2 Å². The molecule has 0 unspecified atom stereocenters. The Morgan fingerprint density at radius 2 is 1.65 bits per heavy atom. The van der Waals surface area contributed by atoms with Crippen LogP contribution in [-0.2, 0) is 6.18 Å². The van der Waals surface area contributed by atoms with Gasteiger partial charge in [0, 0.05) is 17.3 Å². The van der Waals surface area contributed by atoms with E-state index in [2.05, 4.69) is 0 Å². The molecular formula is C12H15F3OS. The molecule has 17 heavy (non-hydrogen) atoms. The summed E-state index contributed by atoms with van der Waals surface area (Å²) < 4.78 is 36.9. The summed E-state index contributed by atoms with van der Waals surface area (Å²) in [5.41, 5.74) is -0.865. The Kier molecular flexibility index (Phi) is 4.49. The van der Waals surface area contributed by atoms with Gasteiger partial charge in [0.2, 0.25) is 0 Å². The Labute approximate surface area is 103 Å². The number of aliphatic hydroxyl groups is 1. The van der Waals surface area contributed by atoms with Gasteiger partial charge in [0.25, 0.3) is 0 Å². The molecule has 1 rings (SSSR count). The fourth-order valence-electron chi connectivity index (χ4n) is 1.06. The number of rotatable bonds is 4. The van der Waals surface area contributed by atoms with Gasteiger partial charge in [0.1, 0.15) is 0 Å². The Bertz CT molecular complexity index is 357. The van der Waals surface area contributed by atoms with Crippen LogP contribution < -0.4 is 0 Å². The first-order chi connectivity index (χ1) is 7.74. The fraction of sp³-hybridized carbons (Fsp3) is 0.500. The number of alkyl halides is 3. The Morgan fingerprint density at radius 3 is 2.06 bits per heavy atom. The minimum atomic E-state index is -4.28. The van der Waals surface area contributed by atoms with Crippen molar-refractivity contribution in [3.63, 3.8) is 0 Å². The van der Waals surface area contributed by atoms with E-state index < -0.39 is 11.7 Å². The molecule has 0 atom stereocenters. The van der Waals surface area contributed by atoms with Crippen molar-refractivity contribution in [3.8, 4) is 0 Å². The second kappa shape index (κ2) is 5.31. The van der Waals surface area contributed by atoms with E-state index in [-0.39, 0.29) is 12.0 Å². The summed E-state index contributed by atoms with van der Waals surface area (Å²) >= 11 is 1.44. The standard InChI is InChI=1S/C12H15F3OS/c1-11(2,7-16)8-17-10-5-3-9(4-6-10)12(13,14)15/h3-6,16H,7-8H2,1-2H3. The normalized spacial score (nSPS) is 12.8. The first-order valence-corrected chi connectivity index (χ1v) is 6.14. The molecule has 5 heteroatoms. The molecule has 0 bridgehead atoms. The number of halogens is 3. The van der Waals surface area contributed by atoms with Crippen LogP contribution >= 0.6 is 11.8 Å². The number of thioether (sulfide) groups is 1. The number of benzene rings is 1. The lowest BCUT2D eigenvalue weighted by atomic mass is 9.98. The highest BCUT2D eigenvalue weighted by molar-refractivity contribution is 7.99. The molecule has 0 aliphatic rings. The maximum absolute atomic E-state index is 12.3. The molecule has 0 spiro atoms. The quantitative estimate of drug-likeness (QED) is 0.834. The molecule has 1 aromatic carbocycles. The van der Waals surface area contributed by atoms with Gasteiger partial charge in [-0.25, -0.2) is 0 Å². The van der Waals surface area contributed by atoms with Gasteiger partial charge in [-0.2, -0.15) is 13.2 Å². The van der Waals surface area contributed by atoms with Gasteiger partial charge in [-0.1, -0.05) is 13.8 Å². The molecule has 1 N–H and O–H groups in total. The lowest BCUT2D eigenvalue weighted by molar-refractivity contribution is -0.137. The van der Waals surface area contributed by atoms with E-state index in [1.54, 1.807) is 0 Å². The molecule has 0 heterocycles. The van der Waals surface area contributed by atoms with Gasteiger partial charge in [0.15, 0.2) is 0 Å². The van der Waals surface area contributed by atoms with Gasteiger partial charge in [0.05, 0.1) is 5.56 Å². The Balaban J connectivity index is 2.64. The second-order valence-corrected chi connectivity index (χ2v) is 5.68. The maximum Gasteiger partial charge on any atom is 0.416 e. The van der Waals surface area contributed by atoms with Crippen molar-refractivity contribution in [1.29, 1.82) is 0 Å². The average molecular weight is 264 g/mol. The Hall–Kier alpha value is -0.680. The molecule has 0 saturated carbocycles. The van der Waals surface area contributed by atoms with Gasteiger partial charge in [-0.05, 0) is 29.7 Å². The van der Waals surface area contributed by atoms with Crippen LogP contribution in [0, 0.1) is 5.41 Å². The third-order valence-electron chi connectivity index (χ3n) is 2.24. The van der Waals surface area contributed by atoms with Crippen LogP contribution in [0.4, 0.5) is 13.2 Å². The number of hydrogen-bond acceptors (Lipinski definition) is 2. The van der Waals surface area contributed by atoms with Crippen molar-refractivity contribution < 1.29 is 18.3 Å². The predicted molar refractivity (Wildman–Crippen MR) is 63.0 cm³/mol. The number of aliphatic hydroxyl groups excluding tert-OH is 1. The average Bonchev–Trinajstić information content (AvgIpc) is 2.26. The molecule has 0 amide bonds. The molecule has 1 nitrogen and oxygen atoms in total. The van der Waals surface area contributed by atoms with Crippen LogP contribution in [0.5, 0.6) is 0 Å². The monoisotopic (exact) mass is 264 g/mol. The lowest BCUT2D eigenvalue weighted by Gasteiger charge is -2.20. The zero-order valence-corrected chi connectivity index (χ0v) is 10.5. The highest BCUT2D eigenvalue weighted by atomic mass is 32.2. The van der Waals surface area contributed by atoms with Crippen molar-refractivity contribution >= 4 is 11.8 Å². The topological polar surface area (TPSA) is 20.2 Å². The summed E-state index contributed by atoms with van der Waals surface area (Å²) in [7, 11) is 0. The second-order valence-electron chi connectivity index (χ2n) is 4.63. The Morgan fingerprint density at radius 1 is 1.12 bits per heavy atom. The van der Waals surface area contributed by atoms with Crippen molar-refractivity contribution in [2.45, 2.75) is 24.9 Å². The van der Waals surface area contributed by atoms with E-state index in [1.807, 2.05) is 13.8 Å². The highest BCUT2D eigenvalue weighted by Crippen LogP contribution is 2.32. The van der Waals surface area contributed by atoms with Gasteiger partial charge in [-0.3, -0.25) is 0 Å². The molecule has 0 saturated heterocycles. The zero-order chi connectivity index (χ0) is 13.1. The summed E-state index contributed by atoms with van der Waals surface area (Å²) in [6, 6.07) is 5.07. The van der Waals surface area contributed by atoms with Crippen molar-refractivity contribution in [2.75, 3.05) is 12.4 Å². The van der Waals surface area contributed by atoms with Crippen molar-refractivity contribution in [2.24, 2.45) is 5.41 Å². The van der Waals surface area contributed by atoms with Crippen LogP contribution in [0.25, 0.3) is 0 Å².